The Kier molecular flexibility index (Phi) is 8.06. The highest BCUT2D eigenvalue weighted by atomic mass is 79.9. The quantitative estimate of drug-likeness (QED) is 0.263. The molecule has 39 heavy (non-hydrogen) atoms. The highest BCUT2D eigenvalue weighted by molar-refractivity contribution is 9.10. The summed E-state index contributed by atoms with van der Waals surface area (Å²) < 4.78 is 19.2. The zero-order chi connectivity index (χ0) is 28.3. The lowest BCUT2D eigenvalue weighted by molar-refractivity contribution is 0.0697. The first-order chi connectivity index (χ1) is 18.5. The van der Waals surface area contributed by atoms with Gasteiger partial charge in [-0.2, -0.15) is 9.78 Å². The first-order valence-electron chi connectivity index (χ1n) is 12.0. The summed E-state index contributed by atoms with van der Waals surface area (Å²) in [5.41, 5.74) is 1.45. The highest BCUT2D eigenvalue weighted by Gasteiger charge is 2.23. The normalized spacial score (nSPS) is 11.6. The number of ether oxygens (including phenoxy) is 3. The van der Waals surface area contributed by atoms with Gasteiger partial charge in [-0.1, -0.05) is 48.8 Å². The van der Waals surface area contributed by atoms with Gasteiger partial charge in [-0.25, -0.2) is 9.78 Å². The van der Waals surface area contributed by atoms with Crippen molar-refractivity contribution in [3.05, 3.63) is 91.9 Å². The first kappa shape index (κ1) is 27.8. The second-order valence-corrected chi connectivity index (χ2v) is 10.7. The van der Waals surface area contributed by atoms with E-state index in [-0.39, 0.29) is 17.7 Å². The molecule has 3 aromatic carbocycles. The molecule has 202 valence electrons. The van der Waals surface area contributed by atoms with Crippen LogP contribution in [-0.2, 0) is 12.0 Å². The second kappa shape index (κ2) is 11.3. The molecule has 9 nitrogen and oxygen atoms in total. The zero-order valence-corrected chi connectivity index (χ0v) is 23.8. The van der Waals surface area contributed by atoms with Gasteiger partial charge in [0.05, 0.1) is 36.9 Å². The van der Waals surface area contributed by atoms with Crippen LogP contribution in [0.4, 0.5) is 0 Å². The Hall–Kier alpha value is -4.18. The van der Waals surface area contributed by atoms with Gasteiger partial charge in [-0.05, 0) is 48.0 Å². The van der Waals surface area contributed by atoms with Crippen molar-refractivity contribution in [3.8, 4) is 17.2 Å². The molecule has 1 heterocycles. The third kappa shape index (κ3) is 6.12. The fraction of sp³-hybridized carbons (Fsp3) is 0.241. The molecule has 0 fully saturated rings. The van der Waals surface area contributed by atoms with Gasteiger partial charge in [-0.3, -0.25) is 4.79 Å². The van der Waals surface area contributed by atoms with Gasteiger partial charge < -0.3 is 19.3 Å². The van der Waals surface area contributed by atoms with Crippen molar-refractivity contribution >= 4 is 39.0 Å². The number of methoxy groups -OCH3 is 2. The van der Waals surface area contributed by atoms with E-state index < -0.39 is 11.4 Å². The summed E-state index contributed by atoms with van der Waals surface area (Å²) in [5.74, 6) is 0.715. The third-order valence-electron chi connectivity index (χ3n) is 5.87. The number of fused-ring (bicyclic) bond motifs is 1. The van der Waals surface area contributed by atoms with E-state index >= 15 is 0 Å². The number of nitrogens with zero attached hydrogens (tertiary/aromatic N) is 3. The molecule has 4 rings (SSSR count). The van der Waals surface area contributed by atoms with Gasteiger partial charge in [0.2, 0.25) is 5.75 Å². The van der Waals surface area contributed by atoms with Crippen LogP contribution in [0.25, 0.3) is 10.9 Å². The maximum atomic E-state index is 13.4. The Morgan fingerprint density at radius 3 is 2.26 bits per heavy atom. The Morgan fingerprint density at radius 2 is 1.69 bits per heavy atom. The topological polar surface area (TPSA) is 112 Å². The fourth-order valence-electron chi connectivity index (χ4n) is 3.88. The minimum Gasteiger partial charge on any atom is -0.493 e. The summed E-state index contributed by atoms with van der Waals surface area (Å²) in [6.45, 7) is 6.08. The number of carbonyl (C=O) groups is 1. The number of carboxylic acid groups (broad SMARTS) is 1. The second-order valence-electron chi connectivity index (χ2n) is 9.75. The van der Waals surface area contributed by atoms with Crippen molar-refractivity contribution in [2.24, 2.45) is 5.10 Å². The van der Waals surface area contributed by atoms with Crippen LogP contribution in [-0.4, -0.2) is 41.2 Å². The Morgan fingerprint density at radius 1 is 1.05 bits per heavy atom. The van der Waals surface area contributed by atoms with E-state index in [1.54, 1.807) is 42.6 Å². The summed E-state index contributed by atoms with van der Waals surface area (Å²) in [5, 5.41) is 14.1. The number of rotatable bonds is 8. The van der Waals surface area contributed by atoms with E-state index in [0.717, 1.165) is 10.0 Å². The predicted octanol–water partition coefficient (Wildman–Crippen LogP) is 5.63. The molecule has 0 aliphatic carbocycles. The Bertz CT molecular complexity index is 1600. The third-order valence-corrected chi connectivity index (χ3v) is 6.36. The van der Waals surface area contributed by atoms with Crippen molar-refractivity contribution in [3.63, 3.8) is 0 Å². The van der Waals surface area contributed by atoms with Crippen molar-refractivity contribution in [1.29, 1.82) is 0 Å². The molecule has 1 N–H and O–H groups in total. The van der Waals surface area contributed by atoms with Crippen LogP contribution in [0.5, 0.6) is 17.2 Å². The molecule has 0 saturated heterocycles. The SMILES string of the molecule is COc1cc(C=Nn2c(C(C)(C)C)nc3ccc(Br)cc3c2=O)cc(OC)c1OCc1ccc(C(=O)O)cc1. The molecule has 0 amide bonds. The number of aromatic nitrogens is 2. The lowest BCUT2D eigenvalue weighted by Gasteiger charge is -2.21. The number of hydrogen-bond donors (Lipinski definition) is 1. The Labute approximate surface area is 233 Å². The van der Waals surface area contributed by atoms with Gasteiger partial charge in [0, 0.05) is 15.5 Å². The molecule has 0 unspecified atom stereocenters. The predicted molar refractivity (Wildman–Crippen MR) is 153 cm³/mol. The summed E-state index contributed by atoms with van der Waals surface area (Å²) >= 11 is 3.42. The van der Waals surface area contributed by atoms with Gasteiger partial charge in [0.1, 0.15) is 12.4 Å². The Balaban J connectivity index is 1.70. The maximum Gasteiger partial charge on any atom is 0.335 e. The maximum absolute atomic E-state index is 13.4. The minimum atomic E-state index is -0.993. The minimum absolute atomic E-state index is 0.169. The molecule has 4 aromatic rings. The first-order valence-corrected chi connectivity index (χ1v) is 12.8. The van der Waals surface area contributed by atoms with E-state index in [9.17, 15) is 9.59 Å². The van der Waals surface area contributed by atoms with E-state index in [1.165, 1.54) is 31.0 Å². The number of halogens is 1. The van der Waals surface area contributed by atoms with Crippen LogP contribution in [0, 0.1) is 0 Å². The molecule has 0 spiro atoms. The van der Waals surface area contributed by atoms with Crippen LogP contribution < -0.4 is 19.8 Å². The van der Waals surface area contributed by atoms with Crippen LogP contribution in [0.3, 0.4) is 0 Å². The van der Waals surface area contributed by atoms with E-state index in [0.29, 0.717) is 39.5 Å². The van der Waals surface area contributed by atoms with Crippen molar-refractivity contribution in [1.82, 2.24) is 9.66 Å². The average Bonchev–Trinajstić information content (AvgIpc) is 2.91. The molecular weight excluding hydrogens is 566 g/mol. The van der Waals surface area contributed by atoms with Crippen molar-refractivity contribution < 1.29 is 24.1 Å². The molecule has 0 bridgehead atoms. The average molecular weight is 594 g/mol. The smallest absolute Gasteiger partial charge is 0.335 e. The largest absolute Gasteiger partial charge is 0.493 e. The lowest BCUT2D eigenvalue weighted by atomic mass is 9.95. The van der Waals surface area contributed by atoms with E-state index in [4.69, 9.17) is 24.3 Å². The number of aromatic carboxylic acids is 1. The summed E-state index contributed by atoms with van der Waals surface area (Å²) in [6.07, 6.45) is 1.54. The number of hydrogen-bond acceptors (Lipinski definition) is 7. The van der Waals surface area contributed by atoms with E-state index in [2.05, 4.69) is 21.0 Å². The molecule has 10 heteroatoms. The molecule has 0 saturated carbocycles. The molecule has 0 aliphatic heterocycles. The van der Waals surface area contributed by atoms with Crippen molar-refractivity contribution in [2.75, 3.05) is 14.2 Å². The van der Waals surface area contributed by atoms with Crippen LogP contribution in [0.1, 0.15) is 48.1 Å². The lowest BCUT2D eigenvalue weighted by Crippen LogP contribution is -2.29. The van der Waals surface area contributed by atoms with Crippen LogP contribution in [0.2, 0.25) is 0 Å². The molecule has 0 aliphatic rings. The molecule has 0 atom stereocenters. The highest BCUT2D eigenvalue weighted by Crippen LogP contribution is 2.39. The molecule has 1 aromatic heterocycles. The standard InChI is InChI=1S/C29H28BrN3O6/c1-29(2,3)28-32-22-11-10-20(30)14-21(22)26(34)33(28)31-15-18-12-23(37-4)25(24(13-18)38-5)39-16-17-6-8-19(9-7-17)27(35)36/h6-15H,16H2,1-5H3,(H,35,36). The number of carboxylic acids is 1. The van der Waals surface area contributed by atoms with Gasteiger partial charge in [-0.15, -0.1) is 0 Å². The van der Waals surface area contributed by atoms with Gasteiger partial charge in [0.25, 0.3) is 5.56 Å². The van der Waals surface area contributed by atoms with Crippen LogP contribution >= 0.6 is 15.9 Å². The summed E-state index contributed by atoms with van der Waals surface area (Å²) in [7, 11) is 3.02. The van der Waals surface area contributed by atoms with Crippen molar-refractivity contribution in [2.45, 2.75) is 32.8 Å². The molecule has 0 radical (unpaired) electrons. The van der Waals surface area contributed by atoms with Gasteiger partial charge in [0.15, 0.2) is 11.5 Å². The zero-order valence-electron chi connectivity index (χ0n) is 22.2. The number of benzene rings is 3. The van der Waals surface area contributed by atoms with Crippen LogP contribution in [0.15, 0.2) is 69.0 Å². The van der Waals surface area contributed by atoms with E-state index in [1.807, 2.05) is 26.8 Å². The summed E-state index contributed by atoms with van der Waals surface area (Å²) in [6, 6.07) is 15.2. The van der Waals surface area contributed by atoms with Gasteiger partial charge >= 0.3 is 5.97 Å². The summed E-state index contributed by atoms with van der Waals surface area (Å²) in [4.78, 5) is 29.3. The molecular formula is C29H28BrN3O6. The fourth-order valence-corrected chi connectivity index (χ4v) is 4.24. The monoisotopic (exact) mass is 593 g/mol.